The van der Waals surface area contributed by atoms with Crippen LogP contribution in [0.5, 0.6) is 0 Å². The van der Waals surface area contributed by atoms with Crippen LogP contribution in [0, 0.1) is 13.8 Å². The third kappa shape index (κ3) is 3.84. The molecule has 0 fully saturated rings. The molecule has 31 heavy (non-hydrogen) atoms. The Balaban J connectivity index is 1.55. The van der Waals surface area contributed by atoms with Crippen LogP contribution >= 0.6 is 11.8 Å². The predicted octanol–water partition coefficient (Wildman–Crippen LogP) is 2.77. The van der Waals surface area contributed by atoms with Gasteiger partial charge in [0.15, 0.2) is 11.3 Å². The van der Waals surface area contributed by atoms with Gasteiger partial charge >= 0.3 is 0 Å². The zero-order chi connectivity index (χ0) is 21.4. The van der Waals surface area contributed by atoms with Gasteiger partial charge in [-0.15, -0.1) is 5.10 Å². The van der Waals surface area contributed by atoms with E-state index in [1.54, 1.807) is 5.01 Å². The molecule has 1 unspecified atom stereocenters. The third-order valence-electron chi connectivity index (χ3n) is 5.19. The van der Waals surface area contributed by atoms with Crippen LogP contribution < -0.4 is 15.9 Å². The molecule has 2 aromatic carbocycles. The van der Waals surface area contributed by atoms with Crippen LogP contribution in [0.15, 0.2) is 76.8 Å². The molecule has 3 heterocycles. The summed E-state index contributed by atoms with van der Waals surface area (Å²) in [5, 5.41) is 11.5. The van der Waals surface area contributed by atoms with Gasteiger partial charge in [0.1, 0.15) is 5.70 Å². The minimum absolute atomic E-state index is 0.179. The van der Waals surface area contributed by atoms with E-state index in [4.69, 9.17) is 10.1 Å². The maximum atomic E-state index is 13.2. The van der Waals surface area contributed by atoms with E-state index in [0.717, 1.165) is 22.0 Å². The number of hydrazone groups is 1. The van der Waals surface area contributed by atoms with Crippen LogP contribution in [-0.4, -0.2) is 21.1 Å². The number of carbonyl (C=O) groups excluding carboxylic acids is 1. The van der Waals surface area contributed by atoms with E-state index < -0.39 is 6.17 Å². The fourth-order valence-corrected chi connectivity index (χ4v) is 4.44. The van der Waals surface area contributed by atoms with E-state index >= 15 is 0 Å². The first-order valence-electron chi connectivity index (χ1n) is 10.1. The van der Waals surface area contributed by atoms with Crippen LogP contribution in [0.3, 0.4) is 0 Å². The van der Waals surface area contributed by atoms with E-state index in [0.29, 0.717) is 16.6 Å². The molecular formula is C24H21N5OS. The number of nitrogens with one attached hydrogen (secondary N) is 1. The molecule has 0 radical (unpaired) electrons. The number of nitrogens with zero attached hydrogens (tertiary/aromatic N) is 4. The predicted molar refractivity (Wildman–Crippen MR) is 122 cm³/mol. The number of hydrogen-bond acceptors (Lipinski definition) is 6. The van der Waals surface area contributed by atoms with Crippen LogP contribution in [0.2, 0.25) is 0 Å². The molecule has 0 saturated carbocycles. The number of pyridine rings is 1. The van der Waals surface area contributed by atoms with E-state index in [2.05, 4.69) is 41.5 Å². The van der Waals surface area contributed by atoms with Gasteiger partial charge in [-0.25, -0.2) is 5.01 Å². The van der Waals surface area contributed by atoms with Crippen LogP contribution in [-0.2, 0) is 10.5 Å². The molecule has 5 rings (SSSR count). The summed E-state index contributed by atoms with van der Waals surface area (Å²) in [7, 11) is 0. The van der Waals surface area contributed by atoms with Crippen molar-refractivity contribution >= 4 is 28.5 Å². The van der Waals surface area contributed by atoms with Crippen molar-refractivity contribution in [2.75, 3.05) is 0 Å². The monoisotopic (exact) mass is 427 g/mol. The molecule has 1 atom stereocenters. The van der Waals surface area contributed by atoms with Crippen molar-refractivity contribution in [3.63, 3.8) is 0 Å². The van der Waals surface area contributed by atoms with E-state index in [1.807, 2.05) is 49.4 Å². The highest BCUT2D eigenvalue weighted by Gasteiger charge is 2.35. The SMILES string of the molecule is Cc1ccc(CSC2=NN3C(=c4ccccc4=NC3c3cccc(C)n3)C(=O)N2)cc1. The number of fused-ring (bicyclic) bond motifs is 2. The second-order valence-electron chi connectivity index (χ2n) is 7.55. The lowest BCUT2D eigenvalue weighted by Crippen LogP contribution is -2.50. The van der Waals surface area contributed by atoms with Gasteiger partial charge in [0.25, 0.3) is 5.91 Å². The van der Waals surface area contributed by atoms with E-state index in [1.165, 1.54) is 22.9 Å². The Hall–Kier alpha value is -3.45. The van der Waals surface area contributed by atoms with Gasteiger partial charge in [-0.05, 0) is 37.6 Å². The van der Waals surface area contributed by atoms with Gasteiger partial charge in [0.05, 0.1) is 11.1 Å². The first-order chi connectivity index (χ1) is 15.1. The Bertz CT molecular complexity index is 1320. The average molecular weight is 428 g/mol. The standard InChI is InChI=1S/C24H21N5OS/c1-15-10-12-17(13-11-15)14-31-24-27-23(30)21-18-7-3-4-8-19(18)26-22(29(21)28-24)20-9-5-6-16(2)25-20/h3-13,22H,14H2,1-2H3,(H,27,28,30). The molecule has 0 saturated heterocycles. The topological polar surface area (TPSA) is 70.0 Å². The number of aromatic nitrogens is 1. The largest absolute Gasteiger partial charge is 0.298 e. The summed E-state index contributed by atoms with van der Waals surface area (Å²) in [6.45, 7) is 4.01. The van der Waals surface area contributed by atoms with Crippen molar-refractivity contribution in [2.45, 2.75) is 25.8 Å². The molecule has 1 aromatic heterocycles. The number of carbonyl (C=O) groups is 1. The van der Waals surface area contributed by atoms with Crippen LogP contribution in [0.1, 0.15) is 28.7 Å². The lowest BCUT2D eigenvalue weighted by molar-refractivity contribution is -0.116. The summed E-state index contributed by atoms with van der Waals surface area (Å²) in [4.78, 5) is 22.7. The summed E-state index contributed by atoms with van der Waals surface area (Å²) in [6, 6.07) is 21.8. The number of amidine groups is 1. The number of amides is 1. The minimum atomic E-state index is -0.495. The molecule has 0 spiro atoms. The van der Waals surface area contributed by atoms with E-state index in [9.17, 15) is 4.79 Å². The van der Waals surface area contributed by atoms with Crippen LogP contribution in [0.4, 0.5) is 0 Å². The summed E-state index contributed by atoms with van der Waals surface area (Å²) in [5.41, 5.74) is 4.55. The first kappa shape index (κ1) is 19.5. The maximum absolute atomic E-state index is 13.2. The molecule has 0 bridgehead atoms. The fraction of sp³-hybridized carbons (Fsp3) is 0.167. The van der Waals surface area contributed by atoms with Crippen molar-refractivity contribution in [3.05, 3.63) is 99.8 Å². The Kier molecular flexibility index (Phi) is 5.03. The third-order valence-corrected chi connectivity index (χ3v) is 6.12. The van der Waals surface area contributed by atoms with Crippen molar-refractivity contribution in [1.82, 2.24) is 15.3 Å². The number of rotatable bonds is 3. The molecule has 7 heteroatoms. The zero-order valence-corrected chi connectivity index (χ0v) is 18.1. The van der Waals surface area contributed by atoms with Crippen molar-refractivity contribution in [1.29, 1.82) is 0 Å². The van der Waals surface area contributed by atoms with Crippen molar-refractivity contribution < 1.29 is 4.79 Å². The zero-order valence-electron chi connectivity index (χ0n) is 17.2. The van der Waals surface area contributed by atoms with Crippen molar-refractivity contribution in [2.24, 2.45) is 10.1 Å². The van der Waals surface area contributed by atoms with E-state index in [-0.39, 0.29) is 5.91 Å². The number of benzene rings is 2. The van der Waals surface area contributed by atoms with Gasteiger partial charge in [-0.2, -0.15) is 0 Å². The number of para-hydroxylation sites is 1. The highest BCUT2D eigenvalue weighted by Crippen LogP contribution is 2.30. The molecule has 1 amide bonds. The maximum Gasteiger partial charge on any atom is 0.276 e. The lowest BCUT2D eigenvalue weighted by Gasteiger charge is -2.33. The molecule has 6 nitrogen and oxygen atoms in total. The summed E-state index contributed by atoms with van der Waals surface area (Å²) in [6.07, 6.45) is -0.495. The Morgan fingerprint density at radius 1 is 1.00 bits per heavy atom. The Morgan fingerprint density at radius 3 is 2.61 bits per heavy atom. The molecule has 3 aromatic rings. The minimum Gasteiger partial charge on any atom is -0.298 e. The molecular weight excluding hydrogens is 406 g/mol. The quantitative estimate of drug-likeness (QED) is 0.698. The second-order valence-corrected chi connectivity index (χ2v) is 8.51. The normalized spacial score (nSPS) is 17.3. The summed E-state index contributed by atoms with van der Waals surface area (Å²) in [5.74, 6) is 0.533. The average Bonchev–Trinajstić information content (AvgIpc) is 2.78. The van der Waals surface area contributed by atoms with Crippen molar-refractivity contribution in [3.8, 4) is 0 Å². The molecule has 154 valence electrons. The summed E-state index contributed by atoms with van der Waals surface area (Å²) < 4.78 is 0. The second kappa shape index (κ2) is 8.00. The van der Waals surface area contributed by atoms with Gasteiger partial charge in [0, 0.05) is 16.7 Å². The first-order valence-corrected chi connectivity index (χ1v) is 11.1. The van der Waals surface area contributed by atoms with Gasteiger partial charge < -0.3 is 0 Å². The highest BCUT2D eigenvalue weighted by molar-refractivity contribution is 8.13. The van der Waals surface area contributed by atoms with Gasteiger partial charge in [0.2, 0.25) is 0 Å². The van der Waals surface area contributed by atoms with Gasteiger partial charge in [-0.3, -0.25) is 20.1 Å². The number of hydrogen-bond donors (Lipinski definition) is 1. The molecule has 1 N–H and O–H groups in total. The number of aryl methyl sites for hydroxylation is 2. The van der Waals surface area contributed by atoms with Crippen LogP contribution in [0.25, 0.3) is 5.70 Å². The lowest BCUT2D eigenvalue weighted by atomic mass is 10.1. The van der Waals surface area contributed by atoms with Gasteiger partial charge in [-0.1, -0.05) is 65.9 Å². The molecule has 2 aliphatic rings. The molecule has 0 aliphatic carbocycles. The fourth-order valence-electron chi connectivity index (χ4n) is 3.63. The smallest absolute Gasteiger partial charge is 0.276 e. The summed E-state index contributed by atoms with van der Waals surface area (Å²) >= 11 is 1.50. The Morgan fingerprint density at radius 2 is 1.81 bits per heavy atom. The highest BCUT2D eigenvalue weighted by atomic mass is 32.2. The Labute approximate surface area is 184 Å². The number of thioether (sulfide) groups is 1. The molecule has 2 aliphatic heterocycles.